The van der Waals surface area contributed by atoms with Gasteiger partial charge in [0.1, 0.15) is 0 Å². The Hall–Kier alpha value is -0.893. The van der Waals surface area contributed by atoms with Gasteiger partial charge in [0.15, 0.2) is 0 Å². The van der Waals surface area contributed by atoms with Gasteiger partial charge in [0.05, 0.1) is 5.69 Å². The molecule has 0 aromatic heterocycles. The molecule has 0 saturated heterocycles. The largest absolute Gasteiger partial charge is 0.257 e. The molecular formula is C11H17NSi. The number of nitrogens with zero attached hydrogens (tertiary/aromatic N) is 1. The van der Waals surface area contributed by atoms with E-state index in [9.17, 15) is 0 Å². The van der Waals surface area contributed by atoms with E-state index in [2.05, 4.69) is 44.0 Å². The molecule has 2 heteroatoms. The predicted octanol–water partition coefficient (Wildman–Crippen LogP) is 1.62. The highest BCUT2D eigenvalue weighted by Gasteiger charge is 2.31. The van der Waals surface area contributed by atoms with Gasteiger partial charge in [0, 0.05) is 11.1 Å². The zero-order valence-corrected chi connectivity index (χ0v) is 7.76. The van der Waals surface area contributed by atoms with E-state index >= 15 is 0 Å². The van der Waals surface area contributed by atoms with Crippen molar-refractivity contribution >= 4 is 22.4 Å². The van der Waals surface area contributed by atoms with Gasteiger partial charge in [-0.1, -0.05) is 32.0 Å². The Labute approximate surface area is 83.9 Å². The number of rotatable bonds is 0. The Morgan fingerprint density at radius 2 is 1.77 bits per heavy atom. The smallest absolute Gasteiger partial charge is 0.0670 e. The van der Waals surface area contributed by atoms with E-state index < -0.39 is 0 Å². The summed E-state index contributed by atoms with van der Waals surface area (Å²) in [5.41, 5.74) is 3.84. The summed E-state index contributed by atoms with van der Waals surface area (Å²) < 4.78 is 0. The molecule has 0 atom stereocenters. The minimum Gasteiger partial charge on any atom is -0.257 e. The molecule has 0 saturated carbocycles. The zero-order valence-electron chi connectivity index (χ0n) is 7.76. The maximum Gasteiger partial charge on any atom is 0.0670 e. The van der Waals surface area contributed by atoms with Gasteiger partial charge < -0.3 is 0 Å². The van der Waals surface area contributed by atoms with Crippen LogP contribution in [0.4, 0.5) is 5.69 Å². The number of aliphatic imine (C=N–C) groups is 1. The molecule has 1 aliphatic rings. The number of benzene rings is 1. The third-order valence-electron chi connectivity index (χ3n) is 2.77. The molecule has 1 aromatic carbocycles. The number of fused-ring (bicyclic) bond motifs is 1. The highest BCUT2D eigenvalue weighted by atomic mass is 28.1. The molecule has 0 N–H and O–H groups in total. The van der Waals surface area contributed by atoms with Crippen LogP contribution in [0.5, 0.6) is 0 Å². The summed E-state index contributed by atoms with van der Waals surface area (Å²) in [6, 6.07) is 8.36. The molecule has 1 nitrogen and oxygen atoms in total. The van der Waals surface area contributed by atoms with Gasteiger partial charge >= 0.3 is 0 Å². The van der Waals surface area contributed by atoms with Gasteiger partial charge in [-0.2, -0.15) is 0 Å². The fourth-order valence-electron chi connectivity index (χ4n) is 1.61. The van der Waals surface area contributed by atoms with E-state index in [1.807, 2.05) is 6.07 Å². The minimum atomic E-state index is 0. The summed E-state index contributed by atoms with van der Waals surface area (Å²) in [6.07, 6.45) is 0. The lowest BCUT2D eigenvalue weighted by Gasteiger charge is -2.19. The van der Waals surface area contributed by atoms with Crippen molar-refractivity contribution in [3.05, 3.63) is 29.8 Å². The van der Waals surface area contributed by atoms with Crippen molar-refractivity contribution in [2.45, 2.75) is 26.2 Å². The molecule has 2 rings (SSSR count). The molecule has 0 fully saturated rings. The summed E-state index contributed by atoms with van der Waals surface area (Å²) >= 11 is 0. The topological polar surface area (TPSA) is 12.4 Å². The molecule has 0 unspecified atom stereocenters. The zero-order chi connectivity index (χ0) is 8.77. The van der Waals surface area contributed by atoms with Gasteiger partial charge in [0.2, 0.25) is 0 Å². The number of hydrogen-bond acceptors (Lipinski definition) is 1. The molecule has 0 bridgehead atoms. The monoisotopic (exact) mass is 191 g/mol. The third-order valence-corrected chi connectivity index (χ3v) is 2.77. The highest BCUT2D eigenvalue weighted by molar-refractivity contribution is 5.99. The lowest BCUT2D eigenvalue weighted by molar-refractivity contribution is 0.733. The SMILES string of the molecule is CC1=Nc2ccccc2C1(C)C.[SiH4]. The Balaban J connectivity index is 0.000000845. The van der Waals surface area contributed by atoms with Gasteiger partial charge in [-0.15, -0.1) is 0 Å². The summed E-state index contributed by atoms with van der Waals surface area (Å²) in [5, 5.41) is 0. The van der Waals surface area contributed by atoms with Crippen LogP contribution < -0.4 is 0 Å². The number of para-hydroxylation sites is 1. The van der Waals surface area contributed by atoms with E-state index in [-0.39, 0.29) is 16.4 Å². The minimum absolute atomic E-state index is 0. The summed E-state index contributed by atoms with van der Waals surface area (Å²) in [5.74, 6) is 0. The predicted molar refractivity (Wildman–Crippen MR) is 63.6 cm³/mol. The molecule has 0 spiro atoms. The van der Waals surface area contributed by atoms with Crippen molar-refractivity contribution < 1.29 is 0 Å². The van der Waals surface area contributed by atoms with Crippen LogP contribution in [0.2, 0.25) is 0 Å². The van der Waals surface area contributed by atoms with Crippen molar-refractivity contribution in [1.82, 2.24) is 0 Å². The lowest BCUT2D eigenvalue weighted by Crippen LogP contribution is -2.22. The van der Waals surface area contributed by atoms with E-state index in [0.717, 1.165) is 5.69 Å². The van der Waals surface area contributed by atoms with E-state index in [1.165, 1.54) is 11.3 Å². The number of hydrogen-bond donors (Lipinski definition) is 0. The quantitative estimate of drug-likeness (QED) is 0.553. The van der Waals surface area contributed by atoms with Crippen LogP contribution >= 0.6 is 0 Å². The first-order chi connectivity index (χ1) is 5.62. The van der Waals surface area contributed by atoms with Gasteiger partial charge in [0.25, 0.3) is 0 Å². The first kappa shape index (κ1) is 10.2. The first-order valence-corrected chi connectivity index (χ1v) is 4.27. The van der Waals surface area contributed by atoms with Crippen molar-refractivity contribution in [2.24, 2.45) is 4.99 Å². The lowest BCUT2D eigenvalue weighted by atomic mass is 9.82. The van der Waals surface area contributed by atoms with Crippen LogP contribution in [0.25, 0.3) is 0 Å². The Bertz CT molecular complexity index is 353. The molecule has 0 radical (unpaired) electrons. The van der Waals surface area contributed by atoms with Gasteiger partial charge in [-0.3, -0.25) is 4.99 Å². The Morgan fingerprint density at radius 3 is 2.38 bits per heavy atom. The van der Waals surface area contributed by atoms with E-state index in [1.54, 1.807) is 0 Å². The molecule has 1 aromatic rings. The summed E-state index contributed by atoms with van der Waals surface area (Å²) in [4.78, 5) is 4.52. The Morgan fingerprint density at radius 1 is 1.15 bits per heavy atom. The molecule has 1 heterocycles. The van der Waals surface area contributed by atoms with Crippen LogP contribution in [0.15, 0.2) is 29.3 Å². The third kappa shape index (κ3) is 1.35. The fraction of sp³-hybridized carbons (Fsp3) is 0.364. The molecule has 0 aliphatic carbocycles. The molecule has 1 aliphatic heterocycles. The second-order valence-corrected chi connectivity index (χ2v) is 3.84. The van der Waals surface area contributed by atoms with Crippen molar-refractivity contribution in [3.63, 3.8) is 0 Å². The first-order valence-electron chi connectivity index (χ1n) is 4.27. The van der Waals surface area contributed by atoms with E-state index in [0.29, 0.717) is 0 Å². The maximum atomic E-state index is 4.52. The Kier molecular flexibility index (Phi) is 2.44. The highest BCUT2D eigenvalue weighted by Crippen LogP contribution is 2.39. The summed E-state index contributed by atoms with van der Waals surface area (Å²) in [7, 11) is 0. The molecular weight excluding hydrogens is 174 g/mol. The fourth-order valence-corrected chi connectivity index (χ4v) is 1.61. The second kappa shape index (κ2) is 3.11. The van der Waals surface area contributed by atoms with Gasteiger partial charge in [-0.25, -0.2) is 0 Å². The molecule has 0 amide bonds. The molecule has 13 heavy (non-hydrogen) atoms. The molecule has 70 valence electrons. The van der Waals surface area contributed by atoms with Crippen LogP contribution in [0, 0.1) is 0 Å². The average molecular weight is 191 g/mol. The standard InChI is InChI=1S/C11H13N.H4Si/c1-8-11(2,3)9-6-4-5-7-10(9)12-8;/h4-7H,1-3H3;1H4. The van der Waals surface area contributed by atoms with Crippen LogP contribution in [0.3, 0.4) is 0 Å². The van der Waals surface area contributed by atoms with Gasteiger partial charge in [-0.05, 0) is 29.5 Å². The van der Waals surface area contributed by atoms with Crippen LogP contribution in [0.1, 0.15) is 26.3 Å². The van der Waals surface area contributed by atoms with Crippen LogP contribution in [-0.4, -0.2) is 16.7 Å². The average Bonchev–Trinajstić information content (AvgIpc) is 2.25. The normalized spacial score (nSPS) is 17.3. The summed E-state index contributed by atoms with van der Waals surface area (Å²) in [6.45, 7) is 6.54. The van der Waals surface area contributed by atoms with Crippen LogP contribution in [-0.2, 0) is 5.41 Å². The maximum absolute atomic E-state index is 4.52. The van der Waals surface area contributed by atoms with Crippen molar-refractivity contribution in [2.75, 3.05) is 0 Å². The van der Waals surface area contributed by atoms with E-state index in [4.69, 9.17) is 0 Å². The van der Waals surface area contributed by atoms with Crippen molar-refractivity contribution in [1.29, 1.82) is 0 Å². The second-order valence-electron chi connectivity index (χ2n) is 3.84. The van der Waals surface area contributed by atoms with Crippen molar-refractivity contribution in [3.8, 4) is 0 Å².